The predicted molar refractivity (Wildman–Crippen MR) is 250 cm³/mol. The van der Waals surface area contributed by atoms with Crippen LogP contribution in [0, 0.1) is 27.9 Å². The number of nitro benzene ring substituents is 1. The first-order valence-electron chi connectivity index (χ1n) is 23.4. The van der Waals surface area contributed by atoms with Gasteiger partial charge in [-0.2, -0.15) is 0 Å². The smallest absolute Gasteiger partial charge is 0.269 e. The van der Waals surface area contributed by atoms with E-state index in [1.807, 2.05) is 59.5 Å². The number of nitro groups is 1. The summed E-state index contributed by atoms with van der Waals surface area (Å²) in [6.07, 6.45) is 9.54. The molecular formula is C52H62N4O9. The Morgan fingerprint density at radius 2 is 1.77 bits per heavy atom. The highest BCUT2D eigenvalue weighted by Crippen LogP contribution is 2.62. The van der Waals surface area contributed by atoms with Crippen molar-refractivity contribution in [3.05, 3.63) is 136 Å². The zero-order valence-corrected chi connectivity index (χ0v) is 37.4. The van der Waals surface area contributed by atoms with Crippen LogP contribution in [-0.2, 0) is 16.2 Å². The molecule has 0 spiro atoms. The number of non-ortho nitro benzene ring substituents is 1. The van der Waals surface area contributed by atoms with Crippen molar-refractivity contribution in [2.45, 2.75) is 82.6 Å². The number of hydrogen-bond acceptors (Lipinski definition) is 11. The number of hydrogen-bond donors (Lipinski definition) is 2. The number of amides is 1. The molecule has 6 atom stereocenters. The van der Waals surface area contributed by atoms with E-state index in [0.29, 0.717) is 49.4 Å². The molecule has 4 aromatic carbocycles. The molecule has 1 saturated carbocycles. The van der Waals surface area contributed by atoms with Gasteiger partial charge < -0.3 is 34.2 Å². The van der Waals surface area contributed by atoms with Gasteiger partial charge in [0.15, 0.2) is 0 Å². The summed E-state index contributed by atoms with van der Waals surface area (Å²) in [4.78, 5) is 36.7. The second kappa shape index (κ2) is 21.1. The number of rotatable bonds is 23. The number of allylic oxidation sites excluding steroid dienone is 1. The highest BCUT2D eigenvalue weighted by atomic mass is 16.7. The van der Waals surface area contributed by atoms with Gasteiger partial charge in [0.25, 0.3) is 11.6 Å². The molecule has 8 rings (SSSR count). The highest BCUT2D eigenvalue weighted by molar-refractivity contribution is 6.04. The number of aliphatic hydroxyl groups excluding tert-OH is 2. The lowest BCUT2D eigenvalue weighted by Crippen LogP contribution is -2.70. The van der Waals surface area contributed by atoms with Crippen molar-refractivity contribution in [2.24, 2.45) is 22.9 Å². The second-order valence-corrected chi connectivity index (χ2v) is 17.7. The molecule has 2 heterocycles. The summed E-state index contributed by atoms with van der Waals surface area (Å²) in [6.45, 7) is 10.5. The summed E-state index contributed by atoms with van der Waals surface area (Å²) in [6, 6.07) is 25.5. The Balaban J connectivity index is 1.30. The molecule has 1 saturated heterocycles. The molecule has 4 aliphatic rings. The van der Waals surface area contributed by atoms with Crippen molar-refractivity contribution in [3.63, 3.8) is 0 Å². The van der Waals surface area contributed by atoms with Crippen LogP contribution in [-0.4, -0.2) is 101 Å². The van der Waals surface area contributed by atoms with Crippen molar-refractivity contribution >= 4 is 28.1 Å². The molecule has 2 N–H and O–H groups in total. The van der Waals surface area contributed by atoms with Crippen molar-refractivity contribution in [2.75, 3.05) is 52.6 Å². The quantitative estimate of drug-likeness (QED) is 0.0243. The monoisotopic (exact) mass is 886 g/mol. The predicted octanol–water partition coefficient (Wildman–Crippen LogP) is 8.83. The molecule has 2 aliphatic heterocycles. The van der Waals surface area contributed by atoms with E-state index in [-0.39, 0.29) is 62.2 Å². The molecular weight excluding hydrogens is 825 g/mol. The van der Waals surface area contributed by atoms with Crippen molar-refractivity contribution in [3.8, 4) is 11.5 Å². The van der Waals surface area contributed by atoms with Gasteiger partial charge in [-0.25, -0.2) is 0 Å². The number of fused-ring (bicyclic) bond motifs is 3. The standard InChI is InChI=1S/C52H62N4O9/c1-3-23-55(51(59)40-18-17-37-11-5-6-12-38(37)31-40)48-34-46(53-64-35-36-15-19-41(20-16-36)56(60)61)44-32-39(13-7-9-27-57)43(14-8-10-28-58)49-45-33-42(62-30-26-54-24-25-54)21-22-47(45)65-52(48,50(44)49)63-29-4-2/h4-6,11-12,15-22,31-33,39,43,48-50,57-58H,2-3,7-10,13-14,23-30,34-35H2,1H3/t39-,43+,48-,49+,50+,52+/m0/s1. The largest absolute Gasteiger partial charge is 0.492 e. The number of nitrogens with zero attached hydrogens (tertiary/aromatic N) is 4. The normalized spacial score (nSPS) is 23.8. The minimum absolute atomic E-state index is 0.0100. The fourth-order valence-electron chi connectivity index (χ4n) is 10.4. The molecule has 344 valence electrons. The molecule has 2 fully saturated rings. The third-order valence-corrected chi connectivity index (χ3v) is 13.5. The number of carbonyl (C=O) groups excluding carboxylic acids is 1. The zero-order chi connectivity index (χ0) is 45.3. The SMILES string of the molecule is C=CCO[C@@]12Oc3ccc(OCCN4CC4)cc3[C@H]3[C@H](CCCCO)[C@@H](CCCCO)C=C(C(=NOCc4ccc([N+](=O)[O-])cc4)C[C@@H]1N(CCC)C(=O)c1ccc4ccccc4c1)[C@H]32. The summed E-state index contributed by atoms with van der Waals surface area (Å²) in [5, 5.41) is 38.3. The number of unbranched alkanes of at least 4 members (excludes halogenated alkanes) is 2. The Kier molecular flexibility index (Phi) is 14.9. The molecule has 1 amide bonds. The van der Waals surface area contributed by atoms with Crippen molar-refractivity contribution < 1.29 is 39.0 Å². The van der Waals surface area contributed by atoms with Gasteiger partial charge >= 0.3 is 0 Å². The lowest BCUT2D eigenvalue weighted by molar-refractivity contribution is -0.384. The van der Waals surface area contributed by atoms with Crippen LogP contribution in [0.2, 0.25) is 0 Å². The van der Waals surface area contributed by atoms with E-state index >= 15 is 4.79 Å². The van der Waals surface area contributed by atoms with Crippen LogP contribution in [0.1, 0.15) is 85.7 Å². The molecule has 4 aromatic rings. The van der Waals surface area contributed by atoms with Gasteiger partial charge in [0.05, 0.1) is 23.2 Å². The Morgan fingerprint density at radius 3 is 2.49 bits per heavy atom. The third kappa shape index (κ3) is 10.1. The van der Waals surface area contributed by atoms with Gasteiger partial charge in [-0.05, 0) is 108 Å². The average molecular weight is 887 g/mol. The molecule has 65 heavy (non-hydrogen) atoms. The Labute approximate surface area is 381 Å². The molecule has 0 aromatic heterocycles. The summed E-state index contributed by atoms with van der Waals surface area (Å²) < 4.78 is 21.0. The zero-order valence-electron chi connectivity index (χ0n) is 37.4. The average Bonchev–Trinajstić information content (AvgIpc) is 4.16. The minimum atomic E-state index is -1.40. The van der Waals surface area contributed by atoms with Gasteiger partial charge in [0, 0.05) is 75.0 Å². The van der Waals surface area contributed by atoms with Crippen LogP contribution >= 0.6 is 0 Å². The molecule has 0 bridgehead atoms. The van der Waals surface area contributed by atoms with Gasteiger partial charge in [-0.3, -0.25) is 19.8 Å². The maximum atomic E-state index is 15.3. The van der Waals surface area contributed by atoms with E-state index in [2.05, 4.69) is 30.5 Å². The maximum Gasteiger partial charge on any atom is 0.269 e. The van der Waals surface area contributed by atoms with Gasteiger partial charge in [-0.15, -0.1) is 6.58 Å². The van der Waals surface area contributed by atoms with Crippen LogP contribution in [0.5, 0.6) is 11.5 Å². The number of aliphatic hydroxyl groups is 2. The van der Waals surface area contributed by atoms with Crippen LogP contribution in [0.25, 0.3) is 10.8 Å². The first-order valence-corrected chi connectivity index (χ1v) is 23.4. The van der Waals surface area contributed by atoms with Crippen molar-refractivity contribution in [1.82, 2.24) is 9.80 Å². The summed E-state index contributed by atoms with van der Waals surface area (Å²) >= 11 is 0. The molecule has 0 radical (unpaired) electrons. The van der Waals surface area contributed by atoms with Crippen LogP contribution in [0.15, 0.2) is 114 Å². The second-order valence-electron chi connectivity index (χ2n) is 17.7. The summed E-state index contributed by atoms with van der Waals surface area (Å²) in [5.74, 6) is -0.667. The van der Waals surface area contributed by atoms with E-state index in [1.54, 1.807) is 18.2 Å². The van der Waals surface area contributed by atoms with Gasteiger partial charge in [-0.1, -0.05) is 67.4 Å². The molecule has 2 aliphatic carbocycles. The first-order chi connectivity index (χ1) is 31.8. The minimum Gasteiger partial charge on any atom is -0.492 e. The molecule has 13 nitrogen and oxygen atoms in total. The van der Waals surface area contributed by atoms with E-state index in [0.717, 1.165) is 78.5 Å². The number of oxime groups is 1. The summed E-state index contributed by atoms with van der Waals surface area (Å²) in [5.41, 5.74) is 3.87. The Morgan fingerprint density at radius 1 is 1.00 bits per heavy atom. The van der Waals surface area contributed by atoms with Crippen LogP contribution in [0.3, 0.4) is 0 Å². The Hall–Kier alpha value is -5.60. The fraction of sp³-hybridized carbons (Fsp3) is 0.462. The van der Waals surface area contributed by atoms with E-state index in [1.165, 1.54) is 12.1 Å². The number of carbonyl (C=O) groups is 1. The topological polar surface area (TPSA) is 156 Å². The lowest BCUT2D eigenvalue weighted by atomic mass is 9.55. The van der Waals surface area contributed by atoms with Crippen LogP contribution in [0.4, 0.5) is 5.69 Å². The highest BCUT2D eigenvalue weighted by Gasteiger charge is 2.65. The van der Waals surface area contributed by atoms with Gasteiger partial charge in [0.1, 0.15) is 30.8 Å². The van der Waals surface area contributed by atoms with E-state index in [9.17, 15) is 20.3 Å². The fourth-order valence-corrected chi connectivity index (χ4v) is 10.4. The molecule has 13 heteroatoms. The Bertz CT molecular complexity index is 2360. The maximum absolute atomic E-state index is 15.3. The third-order valence-electron chi connectivity index (χ3n) is 13.5. The number of benzene rings is 4. The first kappa shape index (κ1) is 45.9. The lowest BCUT2D eigenvalue weighted by Gasteiger charge is -2.60. The van der Waals surface area contributed by atoms with E-state index < -0.39 is 22.7 Å². The van der Waals surface area contributed by atoms with Gasteiger partial charge in [0.2, 0.25) is 5.79 Å². The molecule has 0 unspecified atom stereocenters. The van der Waals surface area contributed by atoms with Crippen LogP contribution < -0.4 is 9.47 Å². The summed E-state index contributed by atoms with van der Waals surface area (Å²) in [7, 11) is 0. The van der Waals surface area contributed by atoms with E-state index in [4.69, 9.17) is 24.2 Å². The number of ether oxygens (including phenoxy) is 3. The van der Waals surface area contributed by atoms with Crippen molar-refractivity contribution in [1.29, 1.82) is 0 Å².